The molecule has 0 aromatic heterocycles. The molecule has 178 valence electrons. The number of anilines is 2. The molecule has 3 N–H and O–H groups in total. The maximum atomic E-state index is 13.2. The van der Waals surface area contributed by atoms with Crippen molar-refractivity contribution in [1.29, 1.82) is 0 Å². The van der Waals surface area contributed by atoms with Crippen LogP contribution in [0.3, 0.4) is 0 Å². The first-order valence-electron chi connectivity index (χ1n) is 11.7. The van der Waals surface area contributed by atoms with Crippen LogP contribution in [0, 0.1) is 11.3 Å². The Morgan fingerprint density at radius 3 is 2.55 bits per heavy atom. The summed E-state index contributed by atoms with van der Waals surface area (Å²) in [5, 5.41) is 10.0. The number of nitrogens with one attached hydrogen (secondary N) is 3. The van der Waals surface area contributed by atoms with Gasteiger partial charge in [0.05, 0.1) is 5.69 Å². The smallest absolute Gasteiger partial charge is 0.253 e. The highest BCUT2D eigenvalue weighted by molar-refractivity contribution is 6.34. The molecule has 2 aliphatic carbocycles. The van der Waals surface area contributed by atoms with Crippen LogP contribution in [0.5, 0.6) is 0 Å². The summed E-state index contributed by atoms with van der Waals surface area (Å²) in [5.41, 5.74) is 2.58. The fourth-order valence-corrected chi connectivity index (χ4v) is 4.37. The SMILES string of the molecule is CN=Cc1c(NC(=O)C2=C(Cl)C=CC(CNC(=O)C(C)(C)C)C2)cccc1NC1CCCC1. The average molecular weight is 471 g/mol. The molecule has 0 heterocycles. The topological polar surface area (TPSA) is 82.6 Å². The van der Waals surface area contributed by atoms with Crippen LogP contribution in [0.15, 0.2) is 45.9 Å². The number of halogens is 1. The van der Waals surface area contributed by atoms with Crippen LogP contribution in [0.2, 0.25) is 0 Å². The van der Waals surface area contributed by atoms with Gasteiger partial charge in [-0.3, -0.25) is 14.6 Å². The Hall–Kier alpha value is -2.60. The summed E-state index contributed by atoms with van der Waals surface area (Å²) in [5.74, 6) is -0.246. The minimum atomic E-state index is -0.457. The molecular formula is C26H35ClN4O2. The number of rotatable bonds is 7. The van der Waals surface area contributed by atoms with Crippen molar-refractivity contribution in [2.75, 3.05) is 24.2 Å². The second kappa shape index (κ2) is 11.0. The van der Waals surface area contributed by atoms with E-state index >= 15 is 0 Å². The van der Waals surface area contributed by atoms with Gasteiger partial charge in [0.1, 0.15) is 0 Å². The highest BCUT2D eigenvalue weighted by Gasteiger charge is 2.25. The standard InChI is InChI=1S/C26H35ClN4O2/c1-26(2,3)25(33)29-15-17-12-13-21(27)19(14-17)24(32)31-23-11-7-10-22(20(23)16-28-4)30-18-8-5-6-9-18/h7,10-13,16-18,30H,5-6,8-9,14-15H2,1-4H3,(H,29,33)(H,31,32). The molecule has 7 heteroatoms. The van der Waals surface area contributed by atoms with Gasteiger partial charge in [0.2, 0.25) is 5.91 Å². The van der Waals surface area contributed by atoms with E-state index in [9.17, 15) is 9.59 Å². The molecule has 1 unspecified atom stereocenters. The van der Waals surface area contributed by atoms with Gasteiger partial charge in [-0.05, 0) is 43.4 Å². The Morgan fingerprint density at radius 2 is 1.88 bits per heavy atom. The van der Waals surface area contributed by atoms with Crippen LogP contribution in [0.4, 0.5) is 11.4 Å². The van der Waals surface area contributed by atoms with Crippen molar-refractivity contribution in [3.63, 3.8) is 0 Å². The molecule has 1 saturated carbocycles. The Labute approximate surface area is 202 Å². The number of carbonyl (C=O) groups is 2. The summed E-state index contributed by atoms with van der Waals surface area (Å²) in [6.07, 6.45) is 10.7. The van der Waals surface area contributed by atoms with Crippen molar-refractivity contribution in [3.05, 3.63) is 46.5 Å². The first-order chi connectivity index (χ1) is 15.7. The molecule has 0 saturated heterocycles. The summed E-state index contributed by atoms with van der Waals surface area (Å²) in [4.78, 5) is 29.6. The third-order valence-corrected chi connectivity index (χ3v) is 6.43. The number of hydrogen-bond donors (Lipinski definition) is 3. The van der Waals surface area contributed by atoms with Gasteiger partial charge < -0.3 is 16.0 Å². The summed E-state index contributed by atoms with van der Waals surface area (Å²) in [6.45, 7) is 6.09. The van der Waals surface area contributed by atoms with Gasteiger partial charge in [0.15, 0.2) is 0 Å². The normalized spacial score (nSPS) is 19.2. The third-order valence-electron chi connectivity index (χ3n) is 6.08. The minimum Gasteiger partial charge on any atom is -0.382 e. The molecule has 2 amide bonds. The van der Waals surface area contributed by atoms with E-state index in [-0.39, 0.29) is 17.7 Å². The highest BCUT2D eigenvalue weighted by Crippen LogP contribution is 2.30. The second-order valence-corrected chi connectivity index (χ2v) is 10.3. The highest BCUT2D eigenvalue weighted by atomic mass is 35.5. The molecular weight excluding hydrogens is 436 g/mol. The van der Waals surface area contributed by atoms with Crippen LogP contribution in [0.1, 0.15) is 58.4 Å². The van der Waals surface area contributed by atoms with Crippen LogP contribution in [-0.4, -0.2) is 37.7 Å². The summed E-state index contributed by atoms with van der Waals surface area (Å²) >= 11 is 6.40. The molecule has 33 heavy (non-hydrogen) atoms. The van der Waals surface area contributed by atoms with Crippen molar-refractivity contribution < 1.29 is 9.59 Å². The number of aliphatic imine (C=N–C) groups is 1. The molecule has 0 aliphatic heterocycles. The van der Waals surface area contributed by atoms with Gasteiger partial charge in [-0.15, -0.1) is 0 Å². The van der Waals surface area contributed by atoms with E-state index in [1.165, 1.54) is 12.8 Å². The van der Waals surface area contributed by atoms with Crippen molar-refractivity contribution >= 4 is 41.0 Å². The summed E-state index contributed by atoms with van der Waals surface area (Å²) in [6, 6.07) is 6.28. The quantitative estimate of drug-likeness (QED) is 0.475. The number of amides is 2. The van der Waals surface area contributed by atoms with E-state index in [1.807, 2.05) is 45.0 Å². The largest absolute Gasteiger partial charge is 0.382 e. The van der Waals surface area contributed by atoms with Crippen LogP contribution >= 0.6 is 11.6 Å². The Morgan fingerprint density at radius 1 is 1.18 bits per heavy atom. The predicted molar refractivity (Wildman–Crippen MR) is 137 cm³/mol. The number of benzene rings is 1. The van der Waals surface area contributed by atoms with Gasteiger partial charge in [-0.25, -0.2) is 0 Å². The molecule has 1 atom stereocenters. The maximum absolute atomic E-state index is 13.2. The second-order valence-electron chi connectivity index (χ2n) is 9.84. The van der Waals surface area contributed by atoms with Crippen LogP contribution in [0.25, 0.3) is 0 Å². The summed E-state index contributed by atoms with van der Waals surface area (Å²) < 4.78 is 0. The Bertz CT molecular complexity index is 969. The average Bonchev–Trinajstić information content (AvgIpc) is 3.27. The third kappa shape index (κ3) is 6.70. The van der Waals surface area contributed by atoms with Crippen LogP contribution in [-0.2, 0) is 9.59 Å². The Kier molecular flexibility index (Phi) is 8.35. The Balaban J connectivity index is 1.72. The van der Waals surface area contributed by atoms with Gasteiger partial charge >= 0.3 is 0 Å². The van der Waals surface area contributed by atoms with E-state index in [2.05, 4.69) is 20.9 Å². The lowest BCUT2D eigenvalue weighted by Crippen LogP contribution is -2.38. The van der Waals surface area contributed by atoms with Gasteiger partial charge in [-0.2, -0.15) is 0 Å². The molecule has 3 rings (SSSR count). The van der Waals surface area contributed by atoms with E-state index in [1.54, 1.807) is 19.3 Å². The molecule has 0 bridgehead atoms. The predicted octanol–water partition coefficient (Wildman–Crippen LogP) is 5.26. The zero-order valence-electron chi connectivity index (χ0n) is 20.0. The zero-order valence-corrected chi connectivity index (χ0v) is 20.8. The molecule has 1 aromatic carbocycles. The molecule has 0 radical (unpaired) electrons. The zero-order chi connectivity index (χ0) is 24.0. The van der Waals surface area contributed by atoms with E-state index in [4.69, 9.17) is 11.6 Å². The van der Waals surface area contributed by atoms with Gasteiger partial charge in [0, 0.05) is 53.1 Å². The first kappa shape index (κ1) is 25.0. The van der Waals surface area contributed by atoms with E-state index < -0.39 is 5.41 Å². The number of hydrogen-bond acceptors (Lipinski definition) is 4. The van der Waals surface area contributed by atoms with Gasteiger partial charge in [0.25, 0.3) is 5.91 Å². The monoisotopic (exact) mass is 470 g/mol. The van der Waals surface area contributed by atoms with E-state index in [0.717, 1.165) is 24.1 Å². The number of allylic oxidation sites excluding steroid dienone is 2. The lowest BCUT2D eigenvalue weighted by atomic mass is 9.92. The van der Waals surface area contributed by atoms with Crippen molar-refractivity contribution in [2.45, 2.75) is 58.9 Å². The van der Waals surface area contributed by atoms with Crippen molar-refractivity contribution in [2.24, 2.45) is 16.3 Å². The van der Waals surface area contributed by atoms with Crippen LogP contribution < -0.4 is 16.0 Å². The first-order valence-corrected chi connectivity index (χ1v) is 12.0. The molecule has 1 aromatic rings. The maximum Gasteiger partial charge on any atom is 0.253 e. The molecule has 6 nitrogen and oxygen atoms in total. The number of nitrogens with zero attached hydrogens (tertiary/aromatic N) is 1. The number of carbonyl (C=O) groups excluding carboxylic acids is 2. The lowest BCUT2D eigenvalue weighted by Gasteiger charge is -2.23. The molecule has 2 aliphatic rings. The molecule has 0 spiro atoms. The molecule has 1 fully saturated rings. The summed E-state index contributed by atoms with van der Waals surface area (Å²) in [7, 11) is 1.72. The van der Waals surface area contributed by atoms with Crippen molar-refractivity contribution in [1.82, 2.24) is 5.32 Å². The van der Waals surface area contributed by atoms with Gasteiger partial charge in [-0.1, -0.05) is 57.4 Å². The fraction of sp³-hybridized carbons (Fsp3) is 0.500. The fourth-order valence-electron chi connectivity index (χ4n) is 4.14. The minimum absolute atomic E-state index is 0.00610. The van der Waals surface area contributed by atoms with Crippen molar-refractivity contribution in [3.8, 4) is 0 Å². The van der Waals surface area contributed by atoms with E-state index in [0.29, 0.717) is 35.3 Å². The lowest BCUT2D eigenvalue weighted by molar-refractivity contribution is -0.128.